The molecule has 1 aliphatic rings. The summed E-state index contributed by atoms with van der Waals surface area (Å²) in [6.07, 6.45) is 6.30. The van der Waals surface area contributed by atoms with Crippen LogP contribution >= 0.6 is 0 Å². The van der Waals surface area contributed by atoms with Crippen LogP contribution in [0.4, 0.5) is 5.69 Å². The number of hydrogen-bond acceptors (Lipinski definition) is 2. The highest BCUT2D eigenvalue weighted by Crippen LogP contribution is 2.39. The normalized spacial score (nSPS) is 21.5. The van der Waals surface area contributed by atoms with Gasteiger partial charge in [0.15, 0.2) is 0 Å². The van der Waals surface area contributed by atoms with Crippen molar-refractivity contribution in [2.24, 2.45) is 5.41 Å². The number of rotatable bonds is 5. The molecule has 0 aromatic heterocycles. The third-order valence-corrected chi connectivity index (χ3v) is 4.44. The maximum Gasteiger partial charge on any atom is 0.142 e. The number of nitrogens with one attached hydrogen (secondary N) is 1. The molecule has 0 amide bonds. The minimum absolute atomic E-state index is 0.366. The van der Waals surface area contributed by atoms with Crippen LogP contribution in [0.2, 0.25) is 0 Å². The summed E-state index contributed by atoms with van der Waals surface area (Å²) in [6.45, 7) is 9.81. The number of aryl methyl sites for hydroxylation is 1. The summed E-state index contributed by atoms with van der Waals surface area (Å²) in [5.41, 5.74) is 2.78. The van der Waals surface area contributed by atoms with E-state index in [2.05, 4.69) is 51.2 Å². The Bertz CT molecular complexity index is 439. The largest absolute Gasteiger partial charge is 0.491 e. The highest BCUT2D eigenvalue weighted by atomic mass is 16.5. The van der Waals surface area contributed by atoms with Crippen LogP contribution in [0.15, 0.2) is 18.2 Å². The van der Waals surface area contributed by atoms with Crippen molar-refractivity contribution in [1.29, 1.82) is 0 Å². The molecule has 2 heteroatoms. The number of benzene rings is 1. The van der Waals surface area contributed by atoms with E-state index in [4.69, 9.17) is 4.74 Å². The smallest absolute Gasteiger partial charge is 0.142 e. The summed E-state index contributed by atoms with van der Waals surface area (Å²) in [5, 5.41) is 3.75. The zero-order valence-corrected chi connectivity index (χ0v) is 13.5. The molecule has 1 N–H and O–H groups in total. The fourth-order valence-electron chi connectivity index (χ4n) is 3.03. The van der Waals surface area contributed by atoms with Crippen molar-refractivity contribution < 1.29 is 4.74 Å². The van der Waals surface area contributed by atoms with Gasteiger partial charge in [0.25, 0.3) is 0 Å². The molecule has 112 valence electrons. The molecule has 0 spiro atoms. The minimum atomic E-state index is 0.366. The molecule has 0 aliphatic heterocycles. The van der Waals surface area contributed by atoms with Gasteiger partial charge in [-0.1, -0.05) is 39.7 Å². The van der Waals surface area contributed by atoms with Gasteiger partial charge in [0.1, 0.15) is 5.75 Å². The van der Waals surface area contributed by atoms with Crippen LogP contribution in [0.25, 0.3) is 0 Å². The Kier molecular flexibility index (Phi) is 4.95. The lowest BCUT2D eigenvalue weighted by molar-refractivity contribution is 0.216. The second-order valence-electron chi connectivity index (χ2n) is 6.78. The van der Waals surface area contributed by atoms with Gasteiger partial charge in [-0.2, -0.15) is 0 Å². The van der Waals surface area contributed by atoms with E-state index in [1.54, 1.807) is 0 Å². The Labute approximate surface area is 123 Å². The molecule has 2 rings (SSSR count). The molecule has 0 radical (unpaired) electrons. The van der Waals surface area contributed by atoms with Crippen molar-refractivity contribution in [2.45, 2.75) is 65.8 Å². The fraction of sp³-hybridized carbons (Fsp3) is 0.667. The SMILES string of the molecule is CCCOc1cc(C)ccc1NC1CCCCC1(C)C. The van der Waals surface area contributed by atoms with Crippen molar-refractivity contribution in [1.82, 2.24) is 0 Å². The van der Waals surface area contributed by atoms with Crippen molar-refractivity contribution in [2.75, 3.05) is 11.9 Å². The van der Waals surface area contributed by atoms with Crippen LogP contribution in [0.5, 0.6) is 5.75 Å². The van der Waals surface area contributed by atoms with Crippen molar-refractivity contribution in [3.63, 3.8) is 0 Å². The lowest BCUT2D eigenvalue weighted by atomic mass is 9.73. The first-order valence-corrected chi connectivity index (χ1v) is 8.03. The van der Waals surface area contributed by atoms with Gasteiger partial charge < -0.3 is 10.1 Å². The van der Waals surface area contributed by atoms with Gasteiger partial charge in [-0.3, -0.25) is 0 Å². The summed E-state index contributed by atoms with van der Waals surface area (Å²) in [7, 11) is 0. The van der Waals surface area contributed by atoms with Crippen molar-refractivity contribution >= 4 is 5.69 Å². The van der Waals surface area contributed by atoms with E-state index >= 15 is 0 Å². The highest BCUT2D eigenvalue weighted by Gasteiger charge is 2.32. The lowest BCUT2D eigenvalue weighted by Gasteiger charge is -2.40. The Hall–Kier alpha value is -1.18. The van der Waals surface area contributed by atoms with Gasteiger partial charge in [0.05, 0.1) is 12.3 Å². The Balaban J connectivity index is 2.15. The quantitative estimate of drug-likeness (QED) is 0.801. The van der Waals surface area contributed by atoms with Crippen LogP contribution < -0.4 is 10.1 Å². The number of anilines is 1. The predicted molar refractivity (Wildman–Crippen MR) is 86.6 cm³/mol. The molecule has 0 heterocycles. The van der Waals surface area contributed by atoms with Gasteiger partial charge >= 0.3 is 0 Å². The Morgan fingerprint density at radius 1 is 1.30 bits per heavy atom. The van der Waals surface area contributed by atoms with Crippen molar-refractivity contribution in [3.05, 3.63) is 23.8 Å². The molecular formula is C18H29NO. The maximum absolute atomic E-state index is 5.91. The Morgan fingerprint density at radius 3 is 2.80 bits per heavy atom. The molecule has 1 aromatic carbocycles. The first kappa shape index (κ1) is 15.2. The molecule has 1 aromatic rings. The standard InChI is InChI=1S/C18H29NO/c1-5-12-20-16-13-14(2)9-10-15(16)19-17-8-6-7-11-18(17,3)4/h9-10,13,17,19H,5-8,11-12H2,1-4H3. The summed E-state index contributed by atoms with van der Waals surface area (Å²) in [5.74, 6) is 1.01. The summed E-state index contributed by atoms with van der Waals surface area (Å²) in [4.78, 5) is 0. The molecule has 1 unspecified atom stereocenters. The van der Waals surface area contributed by atoms with Gasteiger partial charge in [-0.25, -0.2) is 0 Å². The van der Waals surface area contributed by atoms with E-state index in [-0.39, 0.29) is 0 Å². The molecular weight excluding hydrogens is 246 g/mol. The van der Waals surface area contributed by atoms with Crippen LogP contribution in [0, 0.1) is 12.3 Å². The van der Waals surface area contributed by atoms with Crippen LogP contribution in [0.3, 0.4) is 0 Å². The number of ether oxygens (including phenoxy) is 1. The summed E-state index contributed by atoms with van der Waals surface area (Å²) in [6, 6.07) is 7.03. The molecule has 1 saturated carbocycles. The van der Waals surface area contributed by atoms with Gasteiger partial charge in [-0.05, 0) is 49.3 Å². The van der Waals surface area contributed by atoms with E-state index in [0.29, 0.717) is 11.5 Å². The fourth-order valence-corrected chi connectivity index (χ4v) is 3.03. The predicted octanol–water partition coefficient (Wildman–Crippen LogP) is 5.16. The van der Waals surface area contributed by atoms with Crippen LogP contribution in [-0.4, -0.2) is 12.6 Å². The third kappa shape index (κ3) is 3.68. The molecule has 0 saturated heterocycles. The second-order valence-corrected chi connectivity index (χ2v) is 6.78. The number of hydrogen-bond donors (Lipinski definition) is 1. The van der Waals surface area contributed by atoms with Gasteiger partial charge in [0.2, 0.25) is 0 Å². The van der Waals surface area contributed by atoms with E-state index in [1.807, 2.05) is 0 Å². The van der Waals surface area contributed by atoms with Crippen molar-refractivity contribution in [3.8, 4) is 5.75 Å². The van der Waals surface area contributed by atoms with E-state index in [1.165, 1.54) is 31.2 Å². The first-order valence-electron chi connectivity index (χ1n) is 8.03. The first-order chi connectivity index (χ1) is 9.53. The average molecular weight is 275 g/mol. The van der Waals surface area contributed by atoms with E-state index in [9.17, 15) is 0 Å². The molecule has 20 heavy (non-hydrogen) atoms. The topological polar surface area (TPSA) is 21.3 Å². The van der Waals surface area contributed by atoms with Crippen LogP contribution in [-0.2, 0) is 0 Å². The van der Waals surface area contributed by atoms with Crippen LogP contribution in [0.1, 0.15) is 58.4 Å². The molecule has 0 bridgehead atoms. The lowest BCUT2D eigenvalue weighted by Crippen LogP contribution is -2.39. The maximum atomic E-state index is 5.91. The molecule has 2 nitrogen and oxygen atoms in total. The molecule has 1 fully saturated rings. The second kappa shape index (κ2) is 6.51. The average Bonchev–Trinajstić information content (AvgIpc) is 2.41. The highest BCUT2D eigenvalue weighted by molar-refractivity contribution is 5.58. The Morgan fingerprint density at radius 2 is 2.10 bits per heavy atom. The summed E-state index contributed by atoms with van der Waals surface area (Å²) < 4.78 is 5.91. The van der Waals surface area contributed by atoms with Gasteiger partial charge in [0, 0.05) is 6.04 Å². The molecule has 1 aliphatic carbocycles. The monoisotopic (exact) mass is 275 g/mol. The molecule has 1 atom stereocenters. The minimum Gasteiger partial charge on any atom is -0.491 e. The van der Waals surface area contributed by atoms with Gasteiger partial charge in [-0.15, -0.1) is 0 Å². The van der Waals surface area contributed by atoms with E-state index in [0.717, 1.165) is 24.5 Å². The summed E-state index contributed by atoms with van der Waals surface area (Å²) >= 11 is 0. The third-order valence-electron chi connectivity index (χ3n) is 4.44. The van der Waals surface area contributed by atoms with E-state index < -0.39 is 0 Å². The zero-order chi connectivity index (χ0) is 14.6. The zero-order valence-electron chi connectivity index (χ0n) is 13.5.